The number of halogens is 1. The van der Waals surface area contributed by atoms with E-state index in [0.29, 0.717) is 22.3 Å². The van der Waals surface area contributed by atoms with Crippen molar-refractivity contribution < 1.29 is 27.4 Å². The molecule has 1 N–H and O–H groups in total. The predicted octanol–water partition coefficient (Wildman–Crippen LogP) is 5.06. The van der Waals surface area contributed by atoms with Crippen molar-refractivity contribution in [3.8, 4) is 17.2 Å². The van der Waals surface area contributed by atoms with Crippen molar-refractivity contribution in [3.05, 3.63) is 83.9 Å². The molecule has 3 aromatic carbocycles. The molecule has 1 amide bonds. The van der Waals surface area contributed by atoms with Crippen LogP contribution in [0.3, 0.4) is 0 Å². The minimum atomic E-state index is -3.91. The number of rotatable bonds is 9. The standard InChI is InChI=1S/C23H22ClNO6S/c1-2-29-23(26)25-16-22(32(27,28)21-9-4-3-5-10-21)31-19-13-11-18(12-14-19)30-20-8-6-7-17(24)15-20/h3-15,22H,2,16H2,1H3,(H,25,26). The van der Waals surface area contributed by atoms with Crippen LogP contribution in [0.2, 0.25) is 5.02 Å². The summed E-state index contributed by atoms with van der Waals surface area (Å²) in [4.78, 5) is 11.8. The third-order valence-electron chi connectivity index (χ3n) is 4.23. The summed E-state index contributed by atoms with van der Waals surface area (Å²) in [6.07, 6.45) is -0.727. The molecule has 0 aliphatic carbocycles. The number of carbonyl (C=O) groups excluding carboxylic acids is 1. The molecule has 0 bridgehead atoms. The van der Waals surface area contributed by atoms with E-state index < -0.39 is 21.4 Å². The third kappa shape index (κ3) is 6.38. The molecular weight excluding hydrogens is 454 g/mol. The van der Waals surface area contributed by atoms with Gasteiger partial charge in [-0.3, -0.25) is 0 Å². The maximum atomic E-state index is 13.1. The van der Waals surface area contributed by atoms with Crippen molar-refractivity contribution in [2.24, 2.45) is 0 Å². The van der Waals surface area contributed by atoms with E-state index in [9.17, 15) is 13.2 Å². The summed E-state index contributed by atoms with van der Waals surface area (Å²) < 4.78 is 42.5. The molecule has 0 spiro atoms. The molecule has 0 radical (unpaired) electrons. The summed E-state index contributed by atoms with van der Waals surface area (Å²) in [7, 11) is -3.91. The summed E-state index contributed by atoms with van der Waals surface area (Å²) in [5.74, 6) is 1.37. The van der Waals surface area contributed by atoms with Gasteiger partial charge in [-0.05, 0) is 61.5 Å². The summed E-state index contributed by atoms with van der Waals surface area (Å²) in [6.45, 7) is 1.52. The molecule has 1 unspecified atom stereocenters. The fraction of sp³-hybridized carbons (Fsp3) is 0.174. The van der Waals surface area contributed by atoms with Crippen LogP contribution in [0.1, 0.15) is 6.92 Å². The van der Waals surface area contributed by atoms with E-state index in [-0.39, 0.29) is 18.0 Å². The molecular formula is C23H22ClNO6S. The van der Waals surface area contributed by atoms with Gasteiger partial charge in [0.25, 0.3) is 0 Å². The van der Waals surface area contributed by atoms with Gasteiger partial charge in [0, 0.05) is 5.02 Å². The Balaban J connectivity index is 1.77. The first-order valence-electron chi connectivity index (χ1n) is 9.78. The van der Waals surface area contributed by atoms with Gasteiger partial charge in [-0.1, -0.05) is 35.9 Å². The molecule has 7 nitrogen and oxygen atoms in total. The summed E-state index contributed by atoms with van der Waals surface area (Å²) in [6, 6.07) is 21.3. The molecule has 3 aromatic rings. The topological polar surface area (TPSA) is 90.9 Å². The molecule has 9 heteroatoms. The fourth-order valence-corrected chi connectivity index (χ4v) is 4.29. The number of nitrogens with one attached hydrogen (secondary N) is 1. The van der Waals surface area contributed by atoms with E-state index in [1.165, 1.54) is 12.1 Å². The first-order valence-corrected chi connectivity index (χ1v) is 11.7. The minimum Gasteiger partial charge on any atom is -0.472 e. The minimum absolute atomic E-state index is 0.0802. The second-order valence-electron chi connectivity index (χ2n) is 6.54. The number of alkyl carbamates (subject to hydrolysis) is 1. The van der Waals surface area contributed by atoms with Crippen molar-refractivity contribution >= 4 is 27.5 Å². The summed E-state index contributed by atoms with van der Waals surface area (Å²) in [5, 5.41) is 2.97. The SMILES string of the molecule is CCOC(=O)NCC(Oc1ccc(Oc2cccc(Cl)c2)cc1)S(=O)(=O)c1ccccc1. The molecule has 3 rings (SSSR count). The van der Waals surface area contributed by atoms with Crippen molar-refractivity contribution in [2.45, 2.75) is 17.3 Å². The molecule has 0 aromatic heterocycles. The van der Waals surface area contributed by atoms with Gasteiger partial charge in [-0.25, -0.2) is 13.2 Å². The first-order chi connectivity index (χ1) is 15.4. The van der Waals surface area contributed by atoms with Crippen molar-refractivity contribution in [3.63, 3.8) is 0 Å². The van der Waals surface area contributed by atoms with Crippen LogP contribution in [0.25, 0.3) is 0 Å². The second-order valence-corrected chi connectivity index (χ2v) is 9.06. The Morgan fingerprint density at radius 3 is 2.28 bits per heavy atom. The van der Waals surface area contributed by atoms with Crippen LogP contribution < -0.4 is 14.8 Å². The van der Waals surface area contributed by atoms with E-state index in [0.717, 1.165) is 0 Å². The van der Waals surface area contributed by atoms with Crippen LogP contribution in [0.4, 0.5) is 4.79 Å². The molecule has 0 fully saturated rings. The number of sulfone groups is 1. The van der Waals surface area contributed by atoms with Gasteiger partial charge in [-0.2, -0.15) is 0 Å². The van der Waals surface area contributed by atoms with Crippen molar-refractivity contribution in [1.29, 1.82) is 0 Å². The number of hydrogen-bond acceptors (Lipinski definition) is 6. The number of carbonyl (C=O) groups is 1. The zero-order valence-electron chi connectivity index (χ0n) is 17.2. The normalized spacial score (nSPS) is 11.9. The Morgan fingerprint density at radius 2 is 1.62 bits per heavy atom. The van der Waals surface area contributed by atoms with Gasteiger partial charge < -0.3 is 19.5 Å². The van der Waals surface area contributed by atoms with Gasteiger partial charge >= 0.3 is 6.09 Å². The number of benzene rings is 3. The van der Waals surface area contributed by atoms with E-state index in [4.69, 9.17) is 25.8 Å². The van der Waals surface area contributed by atoms with Crippen LogP contribution in [0.15, 0.2) is 83.8 Å². The average molecular weight is 476 g/mol. The molecule has 0 saturated carbocycles. The smallest absolute Gasteiger partial charge is 0.407 e. The lowest BCUT2D eigenvalue weighted by Crippen LogP contribution is -2.40. The van der Waals surface area contributed by atoms with Crippen LogP contribution in [0.5, 0.6) is 17.2 Å². The van der Waals surface area contributed by atoms with E-state index in [1.807, 2.05) is 0 Å². The van der Waals surface area contributed by atoms with Gasteiger partial charge in [-0.15, -0.1) is 0 Å². The highest BCUT2D eigenvalue weighted by Gasteiger charge is 2.30. The molecule has 0 saturated heterocycles. The van der Waals surface area contributed by atoms with Crippen LogP contribution in [0, 0.1) is 0 Å². The lowest BCUT2D eigenvalue weighted by atomic mass is 10.3. The Morgan fingerprint density at radius 1 is 0.938 bits per heavy atom. The monoisotopic (exact) mass is 475 g/mol. The van der Waals surface area contributed by atoms with Gasteiger partial charge in [0.2, 0.25) is 15.3 Å². The highest BCUT2D eigenvalue weighted by molar-refractivity contribution is 7.92. The van der Waals surface area contributed by atoms with E-state index in [2.05, 4.69) is 5.32 Å². The van der Waals surface area contributed by atoms with E-state index >= 15 is 0 Å². The Labute approximate surface area is 191 Å². The lowest BCUT2D eigenvalue weighted by Gasteiger charge is -2.20. The molecule has 0 aliphatic heterocycles. The zero-order valence-corrected chi connectivity index (χ0v) is 18.8. The summed E-state index contributed by atoms with van der Waals surface area (Å²) in [5.41, 5.74) is -1.37. The second kappa shape index (κ2) is 10.9. The highest BCUT2D eigenvalue weighted by Crippen LogP contribution is 2.27. The van der Waals surface area contributed by atoms with Crippen LogP contribution >= 0.6 is 11.6 Å². The molecule has 0 aliphatic rings. The largest absolute Gasteiger partial charge is 0.472 e. The Hall–Kier alpha value is -3.23. The maximum Gasteiger partial charge on any atom is 0.407 e. The third-order valence-corrected chi connectivity index (χ3v) is 6.35. The Bertz CT molecular complexity index is 1140. The van der Waals surface area contributed by atoms with E-state index in [1.54, 1.807) is 73.7 Å². The summed E-state index contributed by atoms with van der Waals surface area (Å²) >= 11 is 5.96. The molecule has 32 heavy (non-hydrogen) atoms. The van der Waals surface area contributed by atoms with Crippen molar-refractivity contribution in [1.82, 2.24) is 5.32 Å². The molecule has 168 valence electrons. The highest BCUT2D eigenvalue weighted by atomic mass is 35.5. The number of hydrogen-bond donors (Lipinski definition) is 1. The van der Waals surface area contributed by atoms with Crippen LogP contribution in [-0.4, -0.2) is 33.1 Å². The fourth-order valence-electron chi connectivity index (χ4n) is 2.73. The average Bonchev–Trinajstić information content (AvgIpc) is 2.78. The zero-order chi connectivity index (χ0) is 23.0. The predicted molar refractivity (Wildman–Crippen MR) is 121 cm³/mol. The molecule has 1 atom stereocenters. The van der Waals surface area contributed by atoms with Gasteiger partial charge in [0.1, 0.15) is 17.2 Å². The van der Waals surface area contributed by atoms with Gasteiger partial charge in [0.05, 0.1) is 18.0 Å². The van der Waals surface area contributed by atoms with Gasteiger partial charge in [0.15, 0.2) is 0 Å². The maximum absolute atomic E-state index is 13.1. The van der Waals surface area contributed by atoms with Crippen LogP contribution in [-0.2, 0) is 14.6 Å². The number of ether oxygens (including phenoxy) is 3. The quantitative estimate of drug-likeness (QED) is 0.465. The molecule has 0 heterocycles. The Kier molecular flexibility index (Phi) is 7.97. The lowest BCUT2D eigenvalue weighted by molar-refractivity contribution is 0.148. The van der Waals surface area contributed by atoms with Crippen molar-refractivity contribution in [2.75, 3.05) is 13.2 Å². The first kappa shape index (κ1) is 23.4. The number of amides is 1.